The quantitative estimate of drug-likeness (QED) is 0.588. The van der Waals surface area contributed by atoms with Crippen molar-refractivity contribution in [2.75, 3.05) is 0 Å². The molecule has 0 spiro atoms. The molecule has 0 saturated carbocycles. The Morgan fingerprint density at radius 2 is 2.00 bits per heavy atom. The lowest BCUT2D eigenvalue weighted by atomic mass is 10.1. The Bertz CT molecular complexity index is 1140. The molecule has 0 aliphatic carbocycles. The first kappa shape index (κ1) is 17.2. The van der Waals surface area contributed by atoms with Crippen LogP contribution in [0, 0.1) is 6.92 Å². The highest BCUT2D eigenvalue weighted by Gasteiger charge is 2.15. The third-order valence-electron chi connectivity index (χ3n) is 4.33. The van der Waals surface area contributed by atoms with Gasteiger partial charge in [0.1, 0.15) is 5.52 Å². The molecule has 0 aliphatic heterocycles. The molecule has 4 aromatic rings. The zero-order valence-corrected chi connectivity index (χ0v) is 15.3. The summed E-state index contributed by atoms with van der Waals surface area (Å²) in [6.45, 7) is 2.29. The molecule has 2 aromatic carbocycles. The Hall–Kier alpha value is -3.25. The molecule has 0 bridgehead atoms. The summed E-state index contributed by atoms with van der Waals surface area (Å²) >= 11 is 5.99. The Labute approximate surface area is 160 Å². The van der Waals surface area contributed by atoms with Crippen molar-refractivity contribution in [1.29, 1.82) is 0 Å². The number of fused-ring (bicyclic) bond motifs is 1. The van der Waals surface area contributed by atoms with Gasteiger partial charge in [-0.25, -0.2) is 4.98 Å². The zero-order chi connectivity index (χ0) is 18.8. The smallest absolute Gasteiger partial charge is 0.251 e. The van der Waals surface area contributed by atoms with Crippen LogP contribution in [-0.2, 0) is 6.54 Å². The summed E-state index contributed by atoms with van der Waals surface area (Å²) in [5.74, 6) is -0.160. The van der Waals surface area contributed by atoms with Crippen LogP contribution in [0.4, 0.5) is 0 Å². The molecule has 0 fully saturated rings. The van der Waals surface area contributed by atoms with Gasteiger partial charge < -0.3 is 5.32 Å². The van der Waals surface area contributed by atoms with Crippen LogP contribution in [0.25, 0.3) is 16.9 Å². The van der Waals surface area contributed by atoms with Crippen molar-refractivity contribution in [3.05, 3.63) is 82.5 Å². The van der Waals surface area contributed by atoms with E-state index in [1.54, 1.807) is 23.0 Å². The lowest BCUT2D eigenvalue weighted by molar-refractivity contribution is 0.0950. The van der Waals surface area contributed by atoms with Gasteiger partial charge >= 0.3 is 0 Å². The molecule has 0 saturated heterocycles. The van der Waals surface area contributed by atoms with E-state index in [1.165, 1.54) is 0 Å². The maximum Gasteiger partial charge on any atom is 0.251 e. The normalized spacial score (nSPS) is 10.9. The van der Waals surface area contributed by atoms with Gasteiger partial charge in [-0.1, -0.05) is 35.0 Å². The van der Waals surface area contributed by atoms with Crippen molar-refractivity contribution < 1.29 is 4.79 Å². The minimum absolute atomic E-state index is 0.160. The number of rotatable bonds is 4. The van der Waals surface area contributed by atoms with E-state index in [2.05, 4.69) is 20.6 Å². The maximum atomic E-state index is 12.7. The van der Waals surface area contributed by atoms with E-state index in [0.717, 1.165) is 16.8 Å². The molecule has 1 amide bonds. The summed E-state index contributed by atoms with van der Waals surface area (Å²) < 4.78 is 1.65. The maximum absolute atomic E-state index is 12.7. The Morgan fingerprint density at radius 3 is 2.85 bits per heavy atom. The molecular formula is C20H16ClN5O. The van der Waals surface area contributed by atoms with E-state index < -0.39 is 0 Å². The minimum atomic E-state index is -0.160. The minimum Gasteiger partial charge on any atom is -0.348 e. The number of halogens is 1. The van der Waals surface area contributed by atoms with Gasteiger partial charge in [0.05, 0.1) is 5.69 Å². The number of nitrogens with one attached hydrogen (secondary N) is 1. The molecule has 27 heavy (non-hydrogen) atoms. The lowest BCUT2D eigenvalue weighted by Crippen LogP contribution is -2.24. The third kappa shape index (κ3) is 3.39. The molecular weight excluding hydrogens is 362 g/mol. The summed E-state index contributed by atoms with van der Waals surface area (Å²) in [4.78, 5) is 17.0. The fourth-order valence-corrected chi connectivity index (χ4v) is 3.16. The van der Waals surface area contributed by atoms with E-state index in [4.69, 9.17) is 11.6 Å². The number of nitrogens with zero attached hydrogens (tertiary/aromatic N) is 4. The van der Waals surface area contributed by atoms with E-state index in [0.29, 0.717) is 28.3 Å². The third-order valence-corrected chi connectivity index (χ3v) is 4.56. The van der Waals surface area contributed by atoms with E-state index >= 15 is 0 Å². The van der Waals surface area contributed by atoms with Crippen molar-refractivity contribution in [2.24, 2.45) is 0 Å². The number of aromatic nitrogens is 4. The standard InChI is InChI=1S/C20H16ClN5O/c1-13-16(20(27)23-12-14-5-2-6-15(21)11-14)7-3-9-18(13)26-19-17(24-25-26)8-4-10-22-19/h2-11H,12H2,1H3,(H,23,27). The predicted octanol–water partition coefficient (Wildman–Crippen LogP) is 3.71. The summed E-state index contributed by atoms with van der Waals surface area (Å²) in [5, 5.41) is 11.9. The molecule has 0 atom stereocenters. The van der Waals surface area contributed by atoms with E-state index in [1.807, 2.05) is 49.4 Å². The predicted molar refractivity (Wildman–Crippen MR) is 104 cm³/mol. The number of carbonyl (C=O) groups is 1. The topological polar surface area (TPSA) is 72.7 Å². The second kappa shape index (κ2) is 7.17. The van der Waals surface area contributed by atoms with Gasteiger partial charge in [-0.2, -0.15) is 4.68 Å². The van der Waals surface area contributed by atoms with Gasteiger partial charge in [-0.3, -0.25) is 4.79 Å². The van der Waals surface area contributed by atoms with Gasteiger partial charge in [0, 0.05) is 23.3 Å². The van der Waals surface area contributed by atoms with Crippen molar-refractivity contribution in [2.45, 2.75) is 13.5 Å². The van der Waals surface area contributed by atoms with Crippen LogP contribution in [0.15, 0.2) is 60.8 Å². The van der Waals surface area contributed by atoms with Crippen molar-refractivity contribution >= 4 is 28.7 Å². The highest BCUT2D eigenvalue weighted by Crippen LogP contribution is 2.21. The second-order valence-electron chi connectivity index (χ2n) is 6.11. The number of carbonyl (C=O) groups excluding carboxylic acids is 1. The van der Waals surface area contributed by atoms with Gasteiger partial charge in [-0.15, -0.1) is 5.10 Å². The molecule has 0 unspecified atom stereocenters. The average molecular weight is 378 g/mol. The van der Waals surface area contributed by atoms with Gasteiger partial charge in [-0.05, 0) is 54.4 Å². The fraction of sp³-hybridized carbons (Fsp3) is 0.100. The molecule has 0 radical (unpaired) electrons. The monoisotopic (exact) mass is 377 g/mol. The zero-order valence-electron chi connectivity index (χ0n) is 14.6. The van der Waals surface area contributed by atoms with E-state index in [-0.39, 0.29) is 5.91 Å². The largest absolute Gasteiger partial charge is 0.348 e. The Morgan fingerprint density at radius 1 is 1.15 bits per heavy atom. The van der Waals surface area contributed by atoms with Crippen LogP contribution < -0.4 is 5.32 Å². The molecule has 0 aliphatic rings. The van der Waals surface area contributed by atoms with Crippen LogP contribution in [0.5, 0.6) is 0 Å². The van der Waals surface area contributed by atoms with Crippen LogP contribution in [0.1, 0.15) is 21.5 Å². The number of pyridine rings is 1. The highest BCUT2D eigenvalue weighted by molar-refractivity contribution is 6.30. The first-order chi connectivity index (χ1) is 13.1. The van der Waals surface area contributed by atoms with Crippen LogP contribution in [0.2, 0.25) is 5.02 Å². The second-order valence-corrected chi connectivity index (χ2v) is 6.55. The van der Waals surface area contributed by atoms with Gasteiger partial charge in [0.15, 0.2) is 5.65 Å². The van der Waals surface area contributed by atoms with Crippen molar-refractivity contribution in [1.82, 2.24) is 25.3 Å². The number of benzene rings is 2. The molecule has 2 aromatic heterocycles. The average Bonchev–Trinajstić information content (AvgIpc) is 3.10. The number of amides is 1. The molecule has 4 rings (SSSR count). The molecule has 7 heteroatoms. The van der Waals surface area contributed by atoms with E-state index in [9.17, 15) is 4.79 Å². The fourth-order valence-electron chi connectivity index (χ4n) is 2.95. The van der Waals surface area contributed by atoms with Crippen LogP contribution in [0.3, 0.4) is 0 Å². The number of hydrogen-bond acceptors (Lipinski definition) is 4. The molecule has 1 N–H and O–H groups in total. The van der Waals surface area contributed by atoms with Crippen LogP contribution >= 0.6 is 11.6 Å². The number of hydrogen-bond donors (Lipinski definition) is 1. The first-order valence-corrected chi connectivity index (χ1v) is 8.80. The SMILES string of the molecule is Cc1c(C(=O)NCc2cccc(Cl)c2)cccc1-n1nnc2cccnc21. The molecule has 134 valence electrons. The van der Waals surface area contributed by atoms with Crippen molar-refractivity contribution in [3.63, 3.8) is 0 Å². The van der Waals surface area contributed by atoms with Gasteiger partial charge in [0.25, 0.3) is 5.91 Å². The summed E-state index contributed by atoms with van der Waals surface area (Å²) in [7, 11) is 0. The van der Waals surface area contributed by atoms with Gasteiger partial charge in [0.2, 0.25) is 0 Å². The summed E-state index contributed by atoms with van der Waals surface area (Å²) in [5.41, 5.74) is 4.44. The molecule has 6 nitrogen and oxygen atoms in total. The lowest BCUT2D eigenvalue weighted by Gasteiger charge is -2.12. The highest BCUT2D eigenvalue weighted by atomic mass is 35.5. The Kier molecular flexibility index (Phi) is 4.56. The summed E-state index contributed by atoms with van der Waals surface area (Å²) in [6, 6.07) is 16.6. The van der Waals surface area contributed by atoms with Crippen molar-refractivity contribution in [3.8, 4) is 5.69 Å². The Balaban J connectivity index is 1.63. The van der Waals surface area contributed by atoms with Crippen LogP contribution in [-0.4, -0.2) is 25.9 Å². The molecule has 2 heterocycles. The first-order valence-electron chi connectivity index (χ1n) is 8.42. The summed E-state index contributed by atoms with van der Waals surface area (Å²) in [6.07, 6.45) is 1.69.